The molecule has 0 saturated heterocycles. The van der Waals surface area contributed by atoms with E-state index in [9.17, 15) is 9.90 Å². The molecule has 0 saturated carbocycles. The van der Waals surface area contributed by atoms with E-state index in [4.69, 9.17) is 4.74 Å². The summed E-state index contributed by atoms with van der Waals surface area (Å²) in [6.45, 7) is 1.74. The van der Waals surface area contributed by atoms with Crippen LogP contribution in [0.4, 0.5) is 0 Å². The zero-order valence-corrected chi connectivity index (χ0v) is 7.40. The van der Waals surface area contributed by atoms with Crippen LogP contribution in [-0.2, 0) is 4.79 Å². The zero-order chi connectivity index (χ0) is 9.68. The van der Waals surface area contributed by atoms with E-state index in [1.54, 1.807) is 31.2 Å². The van der Waals surface area contributed by atoms with Gasteiger partial charge in [0.25, 0.3) is 0 Å². The number of carboxylic acids is 1. The van der Waals surface area contributed by atoms with E-state index in [1.807, 2.05) is 6.07 Å². The van der Waals surface area contributed by atoms with Gasteiger partial charge in [-0.3, -0.25) is 0 Å². The number of carbonyl (C=O) groups excluding carboxylic acids is 1. The summed E-state index contributed by atoms with van der Waals surface area (Å²) < 4.78 is 5.16. The van der Waals surface area contributed by atoms with Gasteiger partial charge in [-0.25, -0.2) is 0 Å². The highest BCUT2D eigenvalue weighted by Crippen LogP contribution is 2.11. The minimum atomic E-state index is -1.17. The summed E-state index contributed by atoms with van der Waals surface area (Å²) in [6.07, 6.45) is -0.459. The van der Waals surface area contributed by atoms with Crippen molar-refractivity contribution in [2.45, 2.75) is 19.4 Å². The lowest BCUT2D eigenvalue weighted by Crippen LogP contribution is -2.39. The summed E-state index contributed by atoms with van der Waals surface area (Å²) >= 11 is 0. The average Bonchev–Trinajstić information content (AvgIpc) is 2.15. The van der Waals surface area contributed by atoms with Gasteiger partial charge in [-0.15, -0.1) is 0 Å². The summed E-state index contributed by atoms with van der Waals surface area (Å²) in [6, 6.07) is 8.85. The summed E-state index contributed by atoms with van der Waals surface area (Å²) in [5.41, 5.74) is 0. The Labute approximate surface area is 77.0 Å². The molecule has 1 atom stereocenters. The summed E-state index contributed by atoms with van der Waals surface area (Å²) in [7, 11) is 0. The van der Waals surface area contributed by atoms with Gasteiger partial charge in [-0.05, 0) is 18.6 Å². The SMILES string of the molecule is CCC(Oc1ccccc1)C(=O)[O-]. The first kappa shape index (κ1) is 9.58. The average molecular weight is 179 g/mol. The number of carbonyl (C=O) groups is 1. The summed E-state index contributed by atoms with van der Waals surface area (Å²) in [5, 5.41) is 10.5. The molecule has 0 heterocycles. The fourth-order valence-corrected chi connectivity index (χ4v) is 0.961. The largest absolute Gasteiger partial charge is 0.546 e. The van der Waals surface area contributed by atoms with Gasteiger partial charge in [0.2, 0.25) is 0 Å². The zero-order valence-electron chi connectivity index (χ0n) is 7.40. The standard InChI is InChI=1S/C10H12O3/c1-2-9(10(11)12)13-8-6-4-3-5-7-8/h3-7,9H,2H2,1H3,(H,11,12)/p-1. The van der Waals surface area contributed by atoms with Crippen LogP contribution in [0.3, 0.4) is 0 Å². The quantitative estimate of drug-likeness (QED) is 0.679. The first-order chi connectivity index (χ1) is 6.24. The second-order valence-corrected chi connectivity index (χ2v) is 2.65. The van der Waals surface area contributed by atoms with E-state index in [-0.39, 0.29) is 0 Å². The molecule has 0 bridgehead atoms. The maximum atomic E-state index is 10.5. The molecule has 3 nitrogen and oxygen atoms in total. The highest BCUT2D eigenvalue weighted by molar-refractivity contribution is 5.70. The molecular weight excluding hydrogens is 168 g/mol. The monoisotopic (exact) mass is 179 g/mol. The molecule has 13 heavy (non-hydrogen) atoms. The van der Waals surface area contributed by atoms with E-state index in [2.05, 4.69) is 0 Å². The third-order valence-electron chi connectivity index (χ3n) is 1.66. The van der Waals surface area contributed by atoms with E-state index >= 15 is 0 Å². The van der Waals surface area contributed by atoms with Gasteiger partial charge in [-0.1, -0.05) is 25.1 Å². The number of carboxylic acid groups (broad SMARTS) is 1. The fourth-order valence-electron chi connectivity index (χ4n) is 0.961. The maximum absolute atomic E-state index is 10.5. The van der Waals surface area contributed by atoms with Crippen molar-refractivity contribution in [2.75, 3.05) is 0 Å². The van der Waals surface area contributed by atoms with E-state index in [0.717, 1.165) is 0 Å². The van der Waals surface area contributed by atoms with E-state index in [1.165, 1.54) is 0 Å². The Morgan fingerprint density at radius 2 is 2.08 bits per heavy atom. The van der Waals surface area contributed by atoms with Crippen molar-refractivity contribution in [3.05, 3.63) is 30.3 Å². The second-order valence-electron chi connectivity index (χ2n) is 2.65. The molecule has 0 spiro atoms. The predicted octanol–water partition coefficient (Wildman–Crippen LogP) is 0.594. The van der Waals surface area contributed by atoms with Gasteiger partial charge in [0.1, 0.15) is 11.9 Å². The van der Waals surface area contributed by atoms with E-state index < -0.39 is 12.1 Å². The molecule has 3 heteroatoms. The molecule has 0 aliphatic rings. The minimum absolute atomic E-state index is 0.400. The van der Waals surface area contributed by atoms with E-state index in [0.29, 0.717) is 12.2 Å². The number of hydrogen-bond donors (Lipinski definition) is 0. The van der Waals surface area contributed by atoms with Crippen LogP contribution in [0.2, 0.25) is 0 Å². The highest BCUT2D eigenvalue weighted by atomic mass is 16.5. The Bertz CT molecular complexity index is 269. The lowest BCUT2D eigenvalue weighted by molar-refractivity contribution is -0.313. The second kappa shape index (κ2) is 4.50. The molecule has 0 amide bonds. The van der Waals surface area contributed by atoms with Crippen LogP contribution >= 0.6 is 0 Å². The highest BCUT2D eigenvalue weighted by Gasteiger charge is 2.07. The first-order valence-corrected chi connectivity index (χ1v) is 4.16. The Hall–Kier alpha value is -1.51. The van der Waals surface area contributed by atoms with Gasteiger partial charge in [0, 0.05) is 0 Å². The van der Waals surface area contributed by atoms with Crippen LogP contribution < -0.4 is 9.84 Å². The third kappa shape index (κ3) is 2.78. The van der Waals surface area contributed by atoms with Gasteiger partial charge < -0.3 is 14.6 Å². The van der Waals surface area contributed by atoms with Crippen molar-refractivity contribution in [1.29, 1.82) is 0 Å². The minimum Gasteiger partial charge on any atom is -0.546 e. The molecule has 1 aromatic carbocycles. The summed E-state index contributed by atoms with van der Waals surface area (Å²) in [4.78, 5) is 10.5. The predicted molar refractivity (Wildman–Crippen MR) is 46.2 cm³/mol. The van der Waals surface area contributed by atoms with Crippen LogP contribution in [0.1, 0.15) is 13.3 Å². The van der Waals surface area contributed by atoms with Gasteiger partial charge >= 0.3 is 0 Å². The molecule has 70 valence electrons. The number of benzene rings is 1. The maximum Gasteiger partial charge on any atom is 0.138 e. The lowest BCUT2D eigenvalue weighted by Gasteiger charge is -2.17. The van der Waals surface area contributed by atoms with Crippen molar-refractivity contribution >= 4 is 5.97 Å². The lowest BCUT2D eigenvalue weighted by atomic mass is 10.3. The molecular formula is C10H11O3-. The number of ether oxygens (including phenoxy) is 1. The molecule has 1 aromatic rings. The molecule has 1 rings (SSSR count). The van der Waals surface area contributed by atoms with Crippen LogP contribution in [-0.4, -0.2) is 12.1 Å². The number of para-hydroxylation sites is 1. The van der Waals surface area contributed by atoms with Crippen molar-refractivity contribution in [3.63, 3.8) is 0 Å². The Kier molecular flexibility index (Phi) is 3.31. The number of rotatable bonds is 4. The molecule has 0 aliphatic heterocycles. The van der Waals surface area contributed by atoms with Crippen molar-refractivity contribution in [2.24, 2.45) is 0 Å². The van der Waals surface area contributed by atoms with Crippen molar-refractivity contribution in [1.82, 2.24) is 0 Å². The Balaban J connectivity index is 2.62. The van der Waals surface area contributed by atoms with Gasteiger partial charge in [-0.2, -0.15) is 0 Å². The third-order valence-corrected chi connectivity index (χ3v) is 1.66. The van der Waals surface area contributed by atoms with Crippen LogP contribution in [0.15, 0.2) is 30.3 Å². The summed E-state index contributed by atoms with van der Waals surface area (Å²) in [5.74, 6) is -0.620. The molecule has 1 unspecified atom stereocenters. The van der Waals surface area contributed by atoms with Gasteiger partial charge in [0.15, 0.2) is 0 Å². The molecule has 0 aromatic heterocycles. The fraction of sp³-hybridized carbons (Fsp3) is 0.300. The topological polar surface area (TPSA) is 49.4 Å². The smallest absolute Gasteiger partial charge is 0.138 e. The van der Waals surface area contributed by atoms with Gasteiger partial charge in [0.05, 0.1) is 5.97 Å². The number of hydrogen-bond acceptors (Lipinski definition) is 3. The van der Waals surface area contributed by atoms with Crippen molar-refractivity contribution < 1.29 is 14.6 Å². The Morgan fingerprint density at radius 1 is 1.46 bits per heavy atom. The number of aliphatic carboxylic acids is 1. The first-order valence-electron chi connectivity index (χ1n) is 4.16. The molecule has 0 radical (unpaired) electrons. The molecule has 0 N–H and O–H groups in total. The normalized spacial score (nSPS) is 12.1. The van der Waals surface area contributed by atoms with Crippen LogP contribution in [0, 0.1) is 0 Å². The van der Waals surface area contributed by atoms with Crippen molar-refractivity contribution in [3.8, 4) is 5.75 Å². The molecule has 0 aliphatic carbocycles. The molecule has 0 fully saturated rings. The van der Waals surface area contributed by atoms with Crippen LogP contribution in [0.5, 0.6) is 5.75 Å². The van der Waals surface area contributed by atoms with Crippen LogP contribution in [0.25, 0.3) is 0 Å². The Morgan fingerprint density at radius 3 is 2.54 bits per heavy atom.